The molecule has 2 atom stereocenters. The van der Waals surface area contributed by atoms with Gasteiger partial charge in [0.2, 0.25) is 5.95 Å². The molecule has 1 aromatic carbocycles. The van der Waals surface area contributed by atoms with E-state index in [-0.39, 0.29) is 30.7 Å². The summed E-state index contributed by atoms with van der Waals surface area (Å²) in [5.74, 6) is 1.11. The van der Waals surface area contributed by atoms with Crippen molar-refractivity contribution in [3.63, 3.8) is 0 Å². The first-order chi connectivity index (χ1) is 13.2. The molecule has 0 spiro atoms. The summed E-state index contributed by atoms with van der Waals surface area (Å²) in [6.07, 6.45) is 3.29. The molecule has 2 aromatic rings. The Balaban J connectivity index is 0.00000120. The summed E-state index contributed by atoms with van der Waals surface area (Å²) in [5.41, 5.74) is 2.71. The van der Waals surface area contributed by atoms with Crippen molar-refractivity contribution in [1.82, 2.24) is 19.8 Å². The first-order valence-electron chi connectivity index (χ1n) is 10.0. The summed E-state index contributed by atoms with van der Waals surface area (Å²) < 4.78 is 7.57. The van der Waals surface area contributed by atoms with Crippen LogP contribution in [0.15, 0.2) is 18.2 Å². The van der Waals surface area contributed by atoms with Crippen LogP contribution in [0.3, 0.4) is 0 Å². The number of fused-ring (bicyclic) bond motifs is 3. The van der Waals surface area contributed by atoms with Gasteiger partial charge in [0, 0.05) is 44.3 Å². The molecule has 0 aliphatic carbocycles. The number of imidazole rings is 1. The van der Waals surface area contributed by atoms with Gasteiger partial charge in [-0.25, -0.2) is 4.98 Å². The molecule has 7 nitrogen and oxygen atoms in total. The first kappa shape index (κ1) is 22.2. The molecular formula is C20H29Cl2N5O2. The molecule has 3 fully saturated rings. The van der Waals surface area contributed by atoms with Crippen LogP contribution < -0.4 is 10.2 Å². The minimum absolute atomic E-state index is 0. The van der Waals surface area contributed by atoms with Crippen LogP contribution in [-0.2, 0) is 11.8 Å². The van der Waals surface area contributed by atoms with E-state index < -0.39 is 0 Å². The maximum absolute atomic E-state index is 13.3. The lowest BCUT2D eigenvalue weighted by atomic mass is 10.1. The van der Waals surface area contributed by atoms with Crippen molar-refractivity contribution in [2.45, 2.75) is 31.3 Å². The number of nitrogens with one attached hydrogen (secondary N) is 1. The monoisotopic (exact) mass is 441 g/mol. The van der Waals surface area contributed by atoms with E-state index in [4.69, 9.17) is 9.72 Å². The first-order valence-corrected chi connectivity index (χ1v) is 10.0. The molecule has 1 amide bonds. The Hall–Kier alpha value is -1.54. The number of nitrogens with zero attached hydrogens (tertiary/aromatic N) is 4. The van der Waals surface area contributed by atoms with Crippen molar-refractivity contribution in [2.24, 2.45) is 7.05 Å². The van der Waals surface area contributed by atoms with Crippen molar-refractivity contribution in [3.05, 3.63) is 23.8 Å². The molecule has 3 saturated heterocycles. The predicted octanol–water partition coefficient (Wildman–Crippen LogP) is 2.22. The van der Waals surface area contributed by atoms with Gasteiger partial charge in [0.1, 0.15) is 0 Å². The molecular weight excluding hydrogens is 413 g/mol. The van der Waals surface area contributed by atoms with Crippen molar-refractivity contribution in [1.29, 1.82) is 0 Å². The summed E-state index contributed by atoms with van der Waals surface area (Å²) in [6, 6.07) is 6.68. The molecule has 3 aliphatic heterocycles. The minimum atomic E-state index is 0. The van der Waals surface area contributed by atoms with Crippen molar-refractivity contribution in [3.8, 4) is 0 Å². The number of hydrogen-bond acceptors (Lipinski definition) is 5. The highest BCUT2D eigenvalue weighted by atomic mass is 35.5. The van der Waals surface area contributed by atoms with Crippen LogP contribution >= 0.6 is 24.8 Å². The number of ether oxygens (including phenoxy) is 1. The fourth-order valence-corrected chi connectivity index (χ4v) is 4.83. The summed E-state index contributed by atoms with van der Waals surface area (Å²) in [6.45, 7) is 5.10. The Bertz CT molecular complexity index is 854. The number of amides is 1. The largest absolute Gasteiger partial charge is 0.378 e. The van der Waals surface area contributed by atoms with Gasteiger partial charge in [0.15, 0.2) is 0 Å². The van der Waals surface area contributed by atoms with Gasteiger partial charge in [-0.2, -0.15) is 0 Å². The average molecular weight is 442 g/mol. The summed E-state index contributed by atoms with van der Waals surface area (Å²) in [5, 5.41) is 3.47. The average Bonchev–Trinajstić information content (AvgIpc) is 3.16. The number of aromatic nitrogens is 2. The quantitative estimate of drug-likeness (QED) is 0.773. The van der Waals surface area contributed by atoms with Crippen molar-refractivity contribution >= 4 is 47.7 Å². The Morgan fingerprint density at radius 2 is 1.90 bits per heavy atom. The Kier molecular flexibility index (Phi) is 6.94. The number of hydrogen-bond donors (Lipinski definition) is 1. The molecule has 1 N–H and O–H groups in total. The standard InChI is InChI=1S/C20H27N5O2.2ClH/c1-23-18-5-2-14(12-17(18)22-20(23)24-8-10-27-11-9-24)19(26)25-15-3-4-16(25)13-21-7-6-15;;/h2,5,12,15-16,21H,3-4,6-11,13H2,1H3;2*1H/t15-,16+;;/m1../s1. The third kappa shape index (κ3) is 3.93. The van der Waals surface area contributed by atoms with Crippen LogP contribution in [0.4, 0.5) is 5.95 Å². The highest BCUT2D eigenvalue weighted by Crippen LogP contribution is 2.30. The molecule has 4 heterocycles. The maximum atomic E-state index is 13.3. The minimum Gasteiger partial charge on any atom is -0.378 e. The molecule has 9 heteroatoms. The summed E-state index contributed by atoms with van der Waals surface area (Å²) in [4.78, 5) is 22.5. The number of carbonyl (C=O) groups excluding carboxylic acids is 1. The predicted molar refractivity (Wildman–Crippen MR) is 119 cm³/mol. The van der Waals surface area contributed by atoms with Gasteiger partial charge in [-0.05, 0) is 44.0 Å². The Morgan fingerprint density at radius 3 is 2.69 bits per heavy atom. The smallest absolute Gasteiger partial charge is 0.254 e. The van der Waals surface area contributed by atoms with Crippen LogP contribution in [0.5, 0.6) is 0 Å². The zero-order valence-electron chi connectivity index (χ0n) is 16.7. The highest BCUT2D eigenvalue weighted by molar-refractivity contribution is 5.98. The van der Waals surface area contributed by atoms with Gasteiger partial charge in [-0.1, -0.05) is 0 Å². The second kappa shape index (κ2) is 9.08. The fourth-order valence-electron chi connectivity index (χ4n) is 4.83. The van der Waals surface area contributed by atoms with E-state index in [9.17, 15) is 4.79 Å². The van der Waals surface area contributed by atoms with Gasteiger partial charge in [0.25, 0.3) is 5.91 Å². The SMILES string of the molecule is Cl.Cl.Cn1c(N2CCOCC2)nc2cc(C(=O)N3[C@H]4CCNC[C@@H]3CC4)ccc21. The van der Waals surface area contributed by atoms with E-state index >= 15 is 0 Å². The third-order valence-corrected chi connectivity index (χ3v) is 6.29. The van der Waals surface area contributed by atoms with Crippen LogP contribution in [-0.4, -0.2) is 71.8 Å². The van der Waals surface area contributed by atoms with E-state index in [1.807, 2.05) is 25.2 Å². The molecule has 0 radical (unpaired) electrons. The second-order valence-electron chi connectivity index (χ2n) is 7.86. The van der Waals surface area contributed by atoms with Crippen LogP contribution in [0, 0.1) is 0 Å². The van der Waals surface area contributed by atoms with E-state index in [1.54, 1.807) is 0 Å². The maximum Gasteiger partial charge on any atom is 0.254 e. The topological polar surface area (TPSA) is 62.6 Å². The lowest BCUT2D eigenvalue weighted by Gasteiger charge is -2.28. The normalized spacial score (nSPS) is 24.0. The number of morpholine rings is 1. The molecule has 1 aromatic heterocycles. The van der Waals surface area contributed by atoms with E-state index in [2.05, 4.69) is 19.7 Å². The van der Waals surface area contributed by atoms with Crippen LogP contribution in [0.25, 0.3) is 11.0 Å². The molecule has 3 aliphatic rings. The Labute approximate surface area is 183 Å². The van der Waals surface area contributed by atoms with Gasteiger partial charge in [0.05, 0.1) is 24.2 Å². The lowest BCUT2D eigenvalue weighted by Crippen LogP contribution is -2.42. The summed E-state index contributed by atoms with van der Waals surface area (Å²) in [7, 11) is 2.04. The number of rotatable bonds is 2. The zero-order valence-corrected chi connectivity index (χ0v) is 18.3. The van der Waals surface area contributed by atoms with Crippen LogP contribution in [0.1, 0.15) is 29.6 Å². The van der Waals surface area contributed by atoms with Gasteiger partial charge < -0.3 is 24.4 Å². The molecule has 160 valence electrons. The van der Waals surface area contributed by atoms with Gasteiger partial charge >= 0.3 is 0 Å². The molecule has 2 bridgehead atoms. The second-order valence-corrected chi connectivity index (χ2v) is 7.86. The molecule has 0 saturated carbocycles. The van der Waals surface area contributed by atoms with E-state index in [0.29, 0.717) is 12.1 Å². The number of benzene rings is 1. The van der Waals surface area contributed by atoms with E-state index in [1.165, 1.54) is 0 Å². The molecule has 5 rings (SSSR count). The van der Waals surface area contributed by atoms with Crippen molar-refractivity contribution in [2.75, 3.05) is 44.3 Å². The fraction of sp³-hybridized carbons (Fsp3) is 0.600. The number of halogens is 2. The highest BCUT2D eigenvalue weighted by Gasteiger charge is 2.38. The van der Waals surface area contributed by atoms with E-state index in [0.717, 1.165) is 81.2 Å². The third-order valence-electron chi connectivity index (χ3n) is 6.29. The van der Waals surface area contributed by atoms with Gasteiger partial charge in [-0.15, -0.1) is 24.8 Å². The van der Waals surface area contributed by atoms with Gasteiger partial charge in [-0.3, -0.25) is 4.79 Å². The number of carbonyl (C=O) groups is 1. The zero-order chi connectivity index (χ0) is 18.4. The van der Waals surface area contributed by atoms with Crippen molar-refractivity contribution < 1.29 is 9.53 Å². The summed E-state index contributed by atoms with van der Waals surface area (Å²) >= 11 is 0. The van der Waals surface area contributed by atoms with Crippen LogP contribution in [0.2, 0.25) is 0 Å². The number of aryl methyl sites for hydroxylation is 1. The molecule has 0 unspecified atom stereocenters. The Morgan fingerprint density at radius 1 is 1.14 bits per heavy atom. The molecule has 29 heavy (non-hydrogen) atoms. The lowest BCUT2D eigenvalue weighted by molar-refractivity contribution is 0.0680. The number of anilines is 1.